The number of nitrogens with zero attached hydrogens (tertiary/aromatic N) is 3. The molecule has 0 saturated carbocycles. The van der Waals surface area contributed by atoms with Crippen molar-refractivity contribution in [3.8, 4) is 5.69 Å². The van der Waals surface area contributed by atoms with E-state index in [9.17, 15) is 4.79 Å². The molecule has 0 radical (unpaired) electrons. The lowest BCUT2D eigenvalue weighted by Crippen LogP contribution is -2.23. The Morgan fingerprint density at radius 1 is 0.862 bits per heavy atom. The Hall–Kier alpha value is -3.66. The number of aromatic nitrogens is 2. The van der Waals surface area contributed by atoms with E-state index in [0.29, 0.717) is 16.7 Å². The van der Waals surface area contributed by atoms with Gasteiger partial charge in [-0.1, -0.05) is 48.5 Å². The average Bonchev–Trinajstić information content (AvgIpc) is 2.73. The topological polar surface area (TPSA) is 38.1 Å². The quantitative estimate of drug-likeness (QED) is 0.503. The number of anilines is 1. The maximum Gasteiger partial charge on any atom is 0.266 e. The van der Waals surface area contributed by atoms with Gasteiger partial charge >= 0.3 is 0 Å². The van der Waals surface area contributed by atoms with Crippen molar-refractivity contribution in [2.24, 2.45) is 0 Å². The minimum atomic E-state index is -0.0625. The van der Waals surface area contributed by atoms with Crippen LogP contribution in [0.4, 0.5) is 5.69 Å². The molecule has 1 heterocycles. The molecule has 0 bridgehead atoms. The lowest BCUT2D eigenvalue weighted by Gasteiger charge is -2.14. The van der Waals surface area contributed by atoms with Crippen LogP contribution in [0, 0.1) is 6.92 Å². The lowest BCUT2D eigenvalue weighted by atomic mass is 10.1. The standard InChI is InChI=1S/C25H23N3O/c1-18-8-4-7-11-23(18)28-24(26-22-10-6-5-9-21(22)25(28)29)17-14-19-12-15-20(16-13-19)27(2)3/h4-17H,1-3H3/b17-14+. The van der Waals surface area contributed by atoms with Crippen LogP contribution >= 0.6 is 0 Å². The van der Waals surface area contributed by atoms with Gasteiger partial charge in [-0.25, -0.2) is 4.98 Å². The van der Waals surface area contributed by atoms with Gasteiger partial charge in [0, 0.05) is 19.8 Å². The van der Waals surface area contributed by atoms with E-state index in [1.54, 1.807) is 4.57 Å². The van der Waals surface area contributed by atoms with Crippen molar-refractivity contribution < 1.29 is 0 Å². The highest BCUT2D eigenvalue weighted by Gasteiger charge is 2.12. The fraction of sp³-hybridized carbons (Fsp3) is 0.120. The zero-order valence-corrected chi connectivity index (χ0v) is 16.8. The molecule has 0 aliphatic carbocycles. The zero-order valence-electron chi connectivity index (χ0n) is 16.8. The molecule has 0 fully saturated rings. The van der Waals surface area contributed by atoms with E-state index in [2.05, 4.69) is 29.2 Å². The molecule has 4 rings (SSSR count). The number of aryl methyl sites for hydroxylation is 1. The average molecular weight is 381 g/mol. The molecule has 144 valence electrons. The van der Waals surface area contributed by atoms with Gasteiger partial charge in [-0.05, 0) is 54.5 Å². The molecule has 4 heteroatoms. The first kappa shape index (κ1) is 18.7. The van der Waals surface area contributed by atoms with E-state index in [1.165, 1.54) is 0 Å². The van der Waals surface area contributed by atoms with Crippen molar-refractivity contribution in [3.05, 3.63) is 100 Å². The number of benzene rings is 3. The normalized spacial score (nSPS) is 11.3. The third kappa shape index (κ3) is 3.69. The Labute approximate surface area is 170 Å². The zero-order chi connectivity index (χ0) is 20.4. The van der Waals surface area contributed by atoms with Crippen molar-refractivity contribution in [3.63, 3.8) is 0 Å². The molecule has 0 aliphatic heterocycles. The second-order valence-corrected chi connectivity index (χ2v) is 7.23. The van der Waals surface area contributed by atoms with Crippen LogP contribution in [0.5, 0.6) is 0 Å². The molecule has 0 atom stereocenters. The summed E-state index contributed by atoms with van der Waals surface area (Å²) in [5.41, 5.74) is 4.70. The van der Waals surface area contributed by atoms with Gasteiger partial charge in [0.1, 0.15) is 5.82 Å². The molecular weight excluding hydrogens is 358 g/mol. The predicted molar refractivity (Wildman–Crippen MR) is 122 cm³/mol. The molecule has 0 aliphatic rings. The van der Waals surface area contributed by atoms with Crippen molar-refractivity contribution in [1.29, 1.82) is 0 Å². The second kappa shape index (κ2) is 7.76. The van der Waals surface area contributed by atoms with Crippen molar-refractivity contribution in [1.82, 2.24) is 9.55 Å². The predicted octanol–water partition coefficient (Wildman–Crippen LogP) is 4.93. The van der Waals surface area contributed by atoms with Gasteiger partial charge in [-0.15, -0.1) is 0 Å². The highest BCUT2D eigenvalue weighted by molar-refractivity contribution is 5.80. The third-order valence-electron chi connectivity index (χ3n) is 4.99. The first-order valence-electron chi connectivity index (χ1n) is 9.58. The first-order valence-corrected chi connectivity index (χ1v) is 9.58. The SMILES string of the molecule is Cc1ccccc1-n1c(/C=C/c2ccc(N(C)C)cc2)nc2ccccc2c1=O. The van der Waals surface area contributed by atoms with E-state index >= 15 is 0 Å². The summed E-state index contributed by atoms with van der Waals surface area (Å²) in [7, 11) is 4.04. The van der Waals surface area contributed by atoms with Crippen LogP contribution in [0.25, 0.3) is 28.7 Å². The minimum Gasteiger partial charge on any atom is -0.378 e. The molecule has 0 spiro atoms. The third-order valence-corrected chi connectivity index (χ3v) is 4.99. The molecule has 0 saturated heterocycles. The molecule has 3 aromatic carbocycles. The monoisotopic (exact) mass is 381 g/mol. The van der Waals surface area contributed by atoms with E-state index in [1.807, 2.05) is 81.7 Å². The molecule has 0 unspecified atom stereocenters. The van der Waals surface area contributed by atoms with E-state index in [-0.39, 0.29) is 5.56 Å². The number of rotatable bonds is 4. The Bertz CT molecular complexity index is 1250. The van der Waals surface area contributed by atoms with Crippen LogP contribution in [0.1, 0.15) is 17.0 Å². The van der Waals surface area contributed by atoms with Crippen LogP contribution in [-0.4, -0.2) is 23.6 Å². The van der Waals surface area contributed by atoms with Crippen molar-refractivity contribution in [2.45, 2.75) is 6.92 Å². The van der Waals surface area contributed by atoms with Gasteiger partial charge in [0.2, 0.25) is 0 Å². The number of hydrogen-bond donors (Lipinski definition) is 0. The van der Waals surface area contributed by atoms with Crippen LogP contribution in [0.3, 0.4) is 0 Å². The van der Waals surface area contributed by atoms with Gasteiger partial charge in [0.05, 0.1) is 16.6 Å². The molecule has 29 heavy (non-hydrogen) atoms. The van der Waals surface area contributed by atoms with Gasteiger partial charge in [0.15, 0.2) is 0 Å². The van der Waals surface area contributed by atoms with Gasteiger partial charge < -0.3 is 4.90 Å². The molecule has 0 amide bonds. The fourth-order valence-electron chi connectivity index (χ4n) is 3.36. The molecule has 1 aromatic heterocycles. The lowest BCUT2D eigenvalue weighted by molar-refractivity contribution is 0.934. The van der Waals surface area contributed by atoms with Gasteiger partial charge in [0.25, 0.3) is 5.56 Å². The van der Waals surface area contributed by atoms with Crippen molar-refractivity contribution >= 4 is 28.7 Å². The maximum atomic E-state index is 13.3. The smallest absolute Gasteiger partial charge is 0.266 e. The number of hydrogen-bond acceptors (Lipinski definition) is 3. The van der Waals surface area contributed by atoms with E-state index in [0.717, 1.165) is 22.5 Å². The van der Waals surface area contributed by atoms with Crippen LogP contribution < -0.4 is 10.5 Å². The summed E-state index contributed by atoms with van der Waals surface area (Å²) in [6.45, 7) is 2.00. The summed E-state index contributed by atoms with van der Waals surface area (Å²) in [6, 6.07) is 23.6. The minimum absolute atomic E-state index is 0.0625. The summed E-state index contributed by atoms with van der Waals surface area (Å²) < 4.78 is 1.70. The summed E-state index contributed by atoms with van der Waals surface area (Å²) >= 11 is 0. The highest BCUT2D eigenvalue weighted by Crippen LogP contribution is 2.19. The summed E-state index contributed by atoms with van der Waals surface area (Å²) in [4.78, 5) is 20.2. The Balaban J connectivity index is 1.88. The van der Waals surface area contributed by atoms with Crippen LogP contribution in [0.15, 0.2) is 77.6 Å². The molecule has 4 nitrogen and oxygen atoms in total. The van der Waals surface area contributed by atoms with E-state index in [4.69, 9.17) is 4.98 Å². The molecular formula is C25H23N3O. The number of fused-ring (bicyclic) bond motifs is 1. The fourth-order valence-corrected chi connectivity index (χ4v) is 3.36. The second-order valence-electron chi connectivity index (χ2n) is 7.23. The van der Waals surface area contributed by atoms with Crippen molar-refractivity contribution in [2.75, 3.05) is 19.0 Å². The largest absolute Gasteiger partial charge is 0.378 e. The number of para-hydroxylation sites is 2. The Morgan fingerprint density at radius 3 is 2.28 bits per heavy atom. The Morgan fingerprint density at radius 2 is 1.55 bits per heavy atom. The summed E-state index contributed by atoms with van der Waals surface area (Å²) in [5, 5.41) is 0.614. The van der Waals surface area contributed by atoms with E-state index < -0.39 is 0 Å². The van der Waals surface area contributed by atoms with Gasteiger partial charge in [-0.2, -0.15) is 0 Å². The molecule has 0 N–H and O–H groups in total. The summed E-state index contributed by atoms with van der Waals surface area (Å²) in [6.07, 6.45) is 3.90. The first-order chi connectivity index (χ1) is 14.0. The maximum absolute atomic E-state index is 13.3. The van der Waals surface area contributed by atoms with Gasteiger partial charge in [-0.3, -0.25) is 9.36 Å². The Kier molecular flexibility index (Phi) is 5.00. The summed E-state index contributed by atoms with van der Waals surface area (Å²) in [5.74, 6) is 0.611. The van der Waals surface area contributed by atoms with Crippen LogP contribution in [-0.2, 0) is 0 Å². The molecule has 4 aromatic rings. The van der Waals surface area contributed by atoms with Crippen LogP contribution in [0.2, 0.25) is 0 Å². The highest BCUT2D eigenvalue weighted by atomic mass is 16.1.